The molecule has 7 heteroatoms. The predicted molar refractivity (Wildman–Crippen MR) is 179 cm³/mol. The summed E-state index contributed by atoms with van der Waals surface area (Å²) in [5.41, 5.74) is 5.65. The molecule has 0 radical (unpaired) electrons. The summed E-state index contributed by atoms with van der Waals surface area (Å²) in [5.74, 6) is 0.00326. The number of halogens is 1. The first-order chi connectivity index (χ1) is 21.4. The Bertz CT molecular complexity index is 1490. The van der Waals surface area contributed by atoms with Crippen molar-refractivity contribution in [3.05, 3.63) is 136 Å². The third kappa shape index (κ3) is 8.28. The fourth-order valence-corrected chi connectivity index (χ4v) is 6.09. The predicted octanol–water partition coefficient (Wildman–Crippen LogP) is 6.37. The number of carbonyl (C=O) groups is 2. The van der Waals surface area contributed by atoms with Crippen LogP contribution in [-0.2, 0) is 16.1 Å². The Balaban J connectivity index is 1.32. The van der Waals surface area contributed by atoms with Gasteiger partial charge in [0.25, 0.3) is 0 Å². The molecule has 2 amide bonds. The van der Waals surface area contributed by atoms with Crippen LogP contribution in [0.15, 0.2) is 103 Å². The number of aromatic nitrogens is 1. The summed E-state index contributed by atoms with van der Waals surface area (Å²) in [6.45, 7) is 6.58. The summed E-state index contributed by atoms with van der Waals surface area (Å²) in [6, 6.07) is 32.0. The van der Waals surface area contributed by atoms with E-state index in [1.807, 2.05) is 29.2 Å². The lowest BCUT2D eigenvalue weighted by Crippen LogP contribution is -2.49. The van der Waals surface area contributed by atoms with Gasteiger partial charge in [-0.15, -0.1) is 0 Å². The number of rotatable bonds is 11. The van der Waals surface area contributed by atoms with E-state index >= 15 is 0 Å². The van der Waals surface area contributed by atoms with Crippen molar-refractivity contribution in [2.45, 2.75) is 51.2 Å². The van der Waals surface area contributed by atoms with Gasteiger partial charge in [-0.3, -0.25) is 9.59 Å². The zero-order valence-corrected chi connectivity index (χ0v) is 26.2. The largest absolute Gasteiger partial charge is 0.351 e. The molecule has 44 heavy (non-hydrogen) atoms. The molecule has 1 saturated heterocycles. The van der Waals surface area contributed by atoms with Crippen LogP contribution in [0.1, 0.15) is 46.8 Å². The van der Waals surface area contributed by atoms with Crippen molar-refractivity contribution in [2.24, 2.45) is 0 Å². The highest BCUT2D eigenvalue weighted by Gasteiger charge is 2.32. The van der Waals surface area contributed by atoms with E-state index in [1.165, 1.54) is 28.6 Å². The SMILES string of the molecule is Cc1ccc(C)n1CC[C@@H]1N[C@H](CNC(=O)/C=C/c2ccc(Cl)cc2)CCN(CC(c2ccccc2)c2ccccc2)C1=O. The second-order valence-corrected chi connectivity index (χ2v) is 12.0. The summed E-state index contributed by atoms with van der Waals surface area (Å²) >= 11 is 5.97. The smallest absolute Gasteiger partial charge is 0.244 e. The first-order valence-electron chi connectivity index (χ1n) is 15.4. The van der Waals surface area contributed by atoms with Gasteiger partial charge in [-0.25, -0.2) is 0 Å². The topological polar surface area (TPSA) is 66.4 Å². The van der Waals surface area contributed by atoms with Gasteiger partial charge in [0.1, 0.15) is 0 Å². The van der Waals surface area contributed by atoms with Gasteiger partial charge in [-0.1, -0.05) is 84.4 Å². The molecule has 2 heterocycles. The highest BCUT2D eigenvalue weighted by Crippen LogP contribution is 2.27. The molecule has 0 spiro atoms. The lowest BCUT2D eigenvalue weighted by Gasteiger charge is -2.29. The van der Waals surface area contributed by atoms with Gasteiger partial charge in [0.15, 0.2) is 0 Å². The quantitative estimate of drug-likeness (QED) is 0.195. The van der Waals surface area contributed by atoms with Crippen LogP contribution in [0.4, 0.5) is 0 Å². The van der Waals surface area contributed by atoms with Crippen molar-refractivity contribution < 1.29 is 9.59 Å². The standard InChI is InChI=1S/C37H41ClN4O2/c1-27-13-14-28(2)42(27)24-22-35-37(44)41(26-34(30-9-5-3-6-10-30)31-11-7-4-8-12-31)23-21-33(40-35)25-39-36(43)20-17-29-15-18-32(38)19-16-29/h3-20,33-35,40H,21-26H2,1-2H3,(H,39,43)/b20-17+/t33-,35-/m0/s1. The minimum atomic E-state index is -0.364. The van der Waals surface area contributed by atoms with Gasteiger partial charge in [-0.2, -0.15) is 0 Å². The average Bonchev–Trinajstić information content (AvgIpc) is 3.29. The highest BCUT2D eigenvalue weighted by molar-refractivity contribution is 6.30. The molecule has 1 aliphatic rings. The molecular weight excluding hydrogens is 568 g/mol. The Kier molecular flexibility index (Phi) is 10.7. The van der Waals surface area contributed by atoms with Crippen LogP contribution in [-0.4, -0.2) is 53.0 Å². The molecule has 1 aliphatic heterocycles. The van der Waals surface area contributed by atoms with Gasteiger partial charge in [0.05, 0.1) is 6.04 Å². The monoisotopic (exact) mass is 608 g/mol. The number of benzene rings is 3. The Morgan fingerprint density at radius 1 is 0.932 bits per heavy atom. The third-order valence-electron chi connectivity index (χ3n) is 8.48. The second-order valence-electron chi connectivity index (χ2n) is 11.5. The van der Waals surface area contributed by atoms with Crippen LogP contribution in [0, 0.1) is 13.8 Å². The van der Waals surface area contributed by atoms with Crippen LogP contribution in [0.5, 0.6) is 0 Å². The minimum absolute atomic E-state index is 0.0411. The number of nitrogens with one attached hydrogen (secondary N) is 2. The molecule has 2 atom stereocenters. The maximum absolute atomic E-state index is 14.2. The fraction of sp³-hybridized carbons (Fsp3) is 0.297. The van der Waals surface area contributed by atoms with E-state index < -0.39 is 0 Å². The van der Waals surface area contributed by atoms with Gasteiger partial charge in [-0.05, 0) is 73.7 Å². The van der Waals surface area contributed by atoms with Crippen molar-refractivity contribution >= 4 is 29.5 Å². The molecule has 0 unspecified atom stereocenters. The second kappa shape index (κ2) is 15.0. The first-order valence-corrected chi connectivity index (χ1v) is 15.7. The fourth-order valence-electron chi connectivity index (χ4n) is 5.96. The highest BCUT2D eigenvalue weighted by atomic mass is 35.5. The van der Waals surface area contributed by atoms with E-state index in [1.54, 1.807) is 18.2 Å². The van der Waals surface area contributed by atoms with E-state index in [-0.39, 0.29) is 29.8 Å². The van der Waals surface area contributed by atoms with E-state index in [2.05, 4.69) is 89.7 Å². The molecule has 6 nitrogen and oxygen atoms in total. The van der Waals surface area contributed by atoms with Crippen LogP contribution >= 0.6 is 11.6 Å². The maximum atomic E-state index is 14.2. The van der Waals surface area contributed by atoms with Crippen molar-refractivity contribution in [2.75, 3.05) is 19.6 Å². The zero-order chi connectivity index (χ0) is 30.9. The van der Waals surface area contributed by atoms with Crippen molar-refractivity contribution in [1.29, 1.82) is 0 Å². The molecule has 5 rings (SSSR count). The molecular formula is C37H41ClN4O2. The maximum Gasteiger partial charge on any atom is 0.244 e. The normalized spacial score (nSPS) is 17.3. The van der Waals surface area contributed by atoms with E-state index in [4.69, 9.17) is 11.6 Å². The molecule has 0 bridgehead atoms. The van der Waals surface area contributed by atoms with Crippen molar-refractivity contribution in [1.82, 2.24) is 20.1 Å². The number of amides is 2. The first kappa shape index (κ1) is 31.3. The number of carbonyl (C=O) groups excluding carboxylic acids is 2. The van der Waals surface area contributed by atoms with Crippen LogP contribution in [0.25, 0.3) is 6.08 Å². The summed E-state index contributed by atoms with van der Waals surface area (Å²) in [5, 5.41) is 7.33. The van der Waals surface area contributed by atoms with Gasteiger partial charge >= 0.3 is 0 Å². The molecule has 3 aromatic carbocycles. The number of aryl methyl sites for hydroxylation is 2. The lowest BCUT2D eigenvalue weighted by atomic mass is 9.90. The molecule has 1 fully saturated rings. The van der Waals surface area contributed by atoms with Crippen molar-refractivity contribution in [3.8, 4) is 0 Å². The van der Waals surface area contributed by atoms with E-state index in [9.17, 15) is 9.59 Å². The van der Waals surface area contributed by atoms with Gasteiger partial charge in [0, 0.05) is 60.6 Å². The van der Waals surface area contributed by atoms with E-state index in [0.717, 1.165) is 18.5 Å². The van der Waals surface area contributed by atoms with E-state index in [0.29, 0.717) is 31.1 Å². The van der Waals surface area contributed by atoms with Crippen LogP contribution in [0.3, 0.4) is 0 Å². The summed E-state index contributed by atoms with van der Waals surface area (Å²) in [6.07, 6.45) is 4.71. The van der Waals surface area contributed by atoms with Crippen LogP contribution < -0.4 is 10.6 Å². The van der Waals surface area contributed by atoms with Gasteiger partial charge < -0.3 is 20.1 Å². The van der Waals surface area contributed by atoms with Gasteiger partial charge in [0.2, 0.25) is 11.8 Å². The Hall–Kier alpha value is -4.13. The number of nitrogens with zero attached hydrogens (tertiary/aromatic N) is 2. The summed E-state index contributed by atoms with van der Waals surface area (Å²) < 4.78 is 2.26. The minimum Gasteiger partial charge on any atom is -0.351 e. The molecule has 2 N–H and O–H groups in total. The molecule has 0 aliphatic carbocycles. The lowest BCUT2D eigenvalue weighted by molar-refractivity contribution is -0.133. The molecule has 228 valence electrons. The molecule has 4 aromatic rings. The summed E-state index contributed by atoms with van der Waals surface area (Å²) in [7, 11) is 0. The zero-order valence-electron chi connectivity index (χ0n) is 25.5. The Morgan fingerprint density at radius 2 is 1.55 bits per heavy atom. The molecule has 0 saturated carbocycles. The number of hydrogen-bond donors (Lipinski definition) is 2. The Morgan fingerprint density at radius 3 is 2.16 bits per heavy atom. The van der Waals surface area contributed by atoms with Crippen molar-refractivity contribution in [3.63, 3.8) is 0 Å². The summed E-state index contributed by atoms with van der Waals surface area (Å²) in [4.78, 5) is 28.9. The molecule has 1 aromatic heterocycles. The van der Waals surface area contributed by atoms with Crippen LogP contribution in [0.2, 0.25) is 5.02 Å². The Labute approximate surface area is 265 Å². The number of hydrogen-bond acceptors (Lipinski definition) is 3. The third-order valence-corrected chi connectivity index (χ3v) is 8.73. The average molecular weight is 609 g/mol.